The van der Waals surface area contributed by atoms with E-state index in [-0.39, 0.29) is 24.8 Å². The van der Waals surface area contributed by atoms with Crippen molar-refractivity contribution in [3.8, 4) is 0 Å². The maximum absolute atomic E-state index is 12.6. The molecule has 1 amide bonds. The van der Waals surface area contributed by atoms with Gasteiger partial charge in [-0.1, -0.05) is 12.1 Å². The van der Waals surface area contributed by atoms with Crippen molar-refractivity contribution in [3.63, 3.8) is 0 Å². The molecule has 1 atom stereocenters. The fourth-order valence-electron chi connectivity index (χ4n) is 1.28. The lowest BCUT2D eigenvalue weighted by molar-refractivity contribution is -0.127. The number of benzene rings is 1. The Bertz CT molecular complexity index is 365. The molecule has 0 saturated heterocycles. The van der Waals surface area contributed by atoms with Gasteiger partial charge < -0.3 is 15.3 Å². The highest BCUT2D eigenvalue weighted by Crippen LogP contribution is 2.12. The number of nitrogens with zero attached hydrogens (tertiary/aromatic N) is 1. The minimum atomic E-state index is -0.745. The van der Waals surface area contributed by atoms with E-state index in [0.717, 1.165) is 0 Å². The second-order valence-electron chi connectivity index (χ2n) is 3.99. The minimum absolute atomic E-state index is 0.0590. The predicted octanol–water partition coefficient (Wildman–Crippen LogP) is 0.537. The Morgan fingerprint density at radius 2 is 2.00 bits per heavy atom. The molecule has 1 aromatic rings. The Kier molecular flexibility index (Phi) is 5.06. The number of aliphatic hydroxyl groups is 1. The summed E-state index contributed by atoms with van der Waals surface area (Å²) in [7, 11) is 3.33. The Morgan fingerprint density at radius 1 is 1.41 bits per heavy atom. The predicted molar refractivity (Wildman–Crippen MR) is 62.9 cm³/mol. The van der Waals surface area contributed by atoms with Crippen LogP contribution in [0.1, 0.15) is 11.7 Å². The molecule has 0 aliphatic heterocycles. The lowest BCUT2D eigenvalue weighted by Gasteiger charge is -2.14. The molecule has 0 aliphatic carbocycles. The third kappa shape index (κ3) is 4.50. The Morgan fingerprint density at radius 3 is 2.53 bits per heavy atom. The van der Waals surface area contributed by atoms with Crippen LogP contribution in [0.5, 0.6) is 0 Å². The number of hydrogen-bond acceptors (Lipinski definition) is 3. The van der Waals surface area contributed by atoms with Crippen molar-refractivity contribution >= 4 is 5.91 Å². The third-order valence-corrected chi connectivity index (χ3v) is 2.37. The van der Waals surface area contributed by atoms with Crippen molar-refractivity contribution in [3.05, 3.63) is 35.6 Å². The lowest BCUT2D eigenvalue weighted by atomic mass is 10.1. The molecule has 1 aromatic carbocycles. The smallest absolute Gasteiger partial charge is 0.236 e. The standard InChI is InChI=1S/C12H17FN2O2/c1-15(2)12(17)8-14-7-11(16)9-3-5-10(13)6-4-9/h3-6,11,14,16H,7-8H2,1-2H3. The molecule has 0 aliphatic rings. The molecule has 94 valence electrons. The van der Waals surface area contributed by atoms with Crippen LogP contribution < -0.4 is 5.32 Å². The topological polar surface area (TPSA) is 52.6 Å². The van der Waals surface area contributed by atoms with E-state index in [4.69, 9.17) is 0 Å². The van der Waals surface area contributed by atoms with Gasteiger partial charge in [-0.25, -0.2) is 4.39 Å². The Balaban J connectivity index is 2.37. The highest BCUT2D eigenvalue weighted by Gasteiger charge is 2.09. The van der Waals surface area contributed by atoms with Crippen molar-refractivity contribution < 1.29 is 14.3 Å². The number of carbonyl (C=O) groups is 1. The summed E-state index contributed by atoms with van der Waals surface area (Å²) in [6.45, 7) is 0.427. The van der Waals surface area contributed by atoms with E-state index in [1.165, 1.54) is 29.2 Å². The number of hydrogen-bond donors (Lipinski definition) is 2. The zero-order valence-electron chi connectivity index (χ0n) is 9.98. The van der Waals surface area contributed by atoms with E-state index in [1.807, 2.05) is 0 Å². The van der Waals surface area contributed by atoms with Gasteiger partial charge in [0.15, 0.2) is 0 Å². The molecule has 0 radical (unpaired) electrons. The molecule has 0 bridgehead atoms. The summed E-state index contributed by atoms with van der Waals surface area (Å²) in [6, 6.07) is 5.64. The first kappa shape index (κ1) is 13.6. The number of rotatable bonds is 5. The van der Waals surface area contributed by atoms with Crippen LogP contribution in [-0.2, 0) is 4.79 Å². The molecule has 1 unspecified atom stereocenters. The average molecular weight is 240 g/mol. The number of aliphatic hydroxyl groups excluding tert-OH is 1. The van der Waals surface area contributed by atoms with Gasteiger partial charge in [-0.3, -0.25) is 4.79 Å². The minimum Gasteiger partial charge on any atom is -0.387 e. The Labute approximate surface area is 100 Å². The van der Waals surface area contributed by atoms with Gasteiger partial charge in [0.1, 0.15) is 5.82 Å². The van der Waals surface area contributed by atoms with Gasteiger partial charge in [-0.05, 0) is 17.7 Å². The zero-order chi connectivity index (χ0) is 12.8. The van der Waals surface area contributed by atoms with Crippen LogP contribution in [0.3, 0.4) is 0 Å². The van der Waals surface area contributed by atoms with Gasteiger partial charge in [0, 0.05) is 20.6 Å². The van der Waals surface area contributed by atoms with E-state index in [2.05, 4.69) is 5.32 Å². The van der Waals surface area contributed by atoms with Gasteiger partial charge in [-0.2, -0.15) is 0 Å². The molecule has 4 nitrogen and oxygen atoms in total. The second kappa shape index (κ2) is 6.32. The van der Waals surface area contributed by atoms with E-state index < -0.39 is 6.10 Å². The fourth-order valence-corrected chi connectivity index (χ4v) is 1.28. The van der Waals surface area contributed by atoms with Gasteiger partial charge in [0.2, 0.25) is 5.91 Å². The molecule has 1 rings (SSSR count). The van der Waals surface area contributed by atoms with Gasteiger partial charge in [0.25, 0.3) is 0 Å². The lowest BCUT2D eigenvalue weighted by Crippen LogP contribution is -2.34. The van der Waals surface area contributed by atoms with E-state index in [9.17, 15) is 14.3 Å². The normalized spacial score (nSPS) is 12.2. The van der Waals surface area contributed by atoms with Gasteiger partial charge in [0.05, 0.1) is 12.6 Å². The summed E-state index contributed by atoms with van der Waals surface area (Å²) < 4.78 is 12.6. The van der Waals surface area contributed by atoms with Crippen LogP contribution in [-0.4, -0.2) is 43.1 Å². The fraction of sp³-hybridized carbons (Fsp3) is 0.417. The molecule has 17 heavy (non-hydrogen) atoms. The quantitative estimate of drug-likeness (QED) is 0.789. The summed E-state index contributed by atoms with van der Waals surface area (Å²) in [6.07, 6.45) is -0.745. The van der Waals surface area contributed by atoms with Crippen LogP contribution >= 0.6 is 0 Å². The number of nitrogens with one attached hydrogen (secondary N) is 1. The number of amides is 1. The van der Waals surface area contributed by atoms with E-state index >= 15 is 0 Å². The molecule has 2 N–H and O–H groups in total. The average Bonchev–Trinajstić information content (AvgIpc) is 2.29. The summed E-state index contributed by atoms with van der Waals surface area (Å²) >= 11 is 0. The molecular weight excluding hydrogens is 223 g/mol. The van der Waals surface area contributed by atoms with Gasteiger partial charge in [-0.15, -0.1) is 0 Å². The number of carbonyl (C=O) groups excluding carboxylic acids is 1. The molecular formula is C12H17FN2O2. The van der Waals surface area contributed by atoms with Crippen LogP contribution in [0.25, 0.3) is 0 Å². The second-order valence-corrected chi connectivity index (χ2v) is 3.99. The first-order valence-corrected chi connectivity index (χ1v) is 5.35. The molecule has 5 heteroatoms. The number of likely N-dealkylation sites (N-methyl/N-ethyl adjacent to an activating group) is 1. The van der Waals surface area contributed by atoms with Crippen molar-refractivity contribution in [2.45, 2.75) is 6.10 Å². The Hall–Kier alpha value is -1.46. The largest absolute Gasteiger partial charge is 0.387 e. The third-order valence-electron chi connectivity index (χ3n) is 2.37. The summed E-state index contributed by atoms with van der Waals surface area (Å²) in [5.41, 5.74) is 0.621. The van der Waals surface area contributed by atoms with Crippen molar-refractivity contribution in [2.24, 2.45) is 0 Å². The first-order chi connectivity index (χ1) is 8.00. The van der Waals surface area contributed by atoms with Crippen molar-refractivity contribution in [1.82, 2.24) is 10.2 Å². The highest BCUT2D eigenvalue weighted by atomic mass is 19.1. The molecule has 0 fully saturated rings. The van der Waals surface area contributed by atoms with Crippen LogP contribution in [0.2, 0.25) is 0 Å². The maximum atomic E-state index is 12.6. The first-order valence-electron chi connectivity index (χ1n) is 5.35. The summed E-state index contributed by atoms with van der Waals surface area (Å²) in [5.74, 6) is -0.395. The monoisotopic (exact) mass is 240 g/mol. The van der Waals surface area contributed by atoms with Crippen LogP contribution in [0.15, 0.2) is 24.3 Å². The summed E-state index contributed by atoms with van der Waals surface area (Å²) in [4.78, 5) is 12.7. The molecule has 0 heterocycles. The zero-order valence-corrected chi connectivity index (χ0v) is 9.98. The highest BCUT2D eigenvalue weighted by molar-refractivity contribution is 5.77. The molecule has 0 saturated carbocycles. The SMILES string of the molecule is CN(C)C(=O)CNCC(O)c1ccc(F)cc1. The van der Waals surface area contributed by atoms with E-state index in [0.29, 0.717) is 5.56 Å². The molecule has 0 aromatic heterocycles. The van der Waals surface area contributed by atoms with E-state index in [1.54, 1.807) is 14.1 Å². The van der Waals surface area contributed by atoms with Crippen molar-refractivity contribution in [1.29, 1.82) is 0 Å². The molecule has 0 spiro atoms. The number of halogens is 1. The maximum Gasteiger partial charge on any atom is 0.236 e. The van der Waals surface area contributed by atoms with Crippen LogP contribution in [0, 0.1) is 5.82 Å². The van der Waals surface area contributed by atoms with Gasteiger partial charge >= 0.3 is 0 Å². The van der Waals surface area contributed by atoms with Crippen molar-refractivity contribution in [2.75, 3.05) is 27.2 Å². The van der Waals surface area contributed by atoms with Crippen LogP contribution in [0.4, 0.5) is 4.39 Å². The summed E-state index contributed by atoms with van der Waals surface area (Å²) in [5, 5.41) is 12.6.